The summed E-state index contributed by atoms with van der Waals surface area (Å²) in [6.45, 7) is 3.07. The van der Waals surface area contributed by atoms with E-state index in [-0.39, 0.29) is 30.0 Å². The van der Waals surface area contributed by atoms with E-state index in [1.54, 1.807) is 6.92 Å². The Morgan fingerprint density at radius 1 is 1.50 bits per heavy atom. The molecule has 0 radical (unpaired) electrons. The predicted octanol–water partition coefficient (Wildman–Crippen LogP) is 0.00850. The standard InChI is InChI=1S/C9H17NO3S/c1-6(3-4-11)9(13)8(5-14)10-7(2)12/h6,8,11,14H,3-5H2,1-2H3,(H,10,12)/t6?,8-/m0/s1. The van der Waals surface area contributed by atoms with Crippen LogP contribution in [0.25, 0.3) is 0 Å². The Morgan fingerprint density at radius 3 is 2.43 bits per heavy atom. The Labute approximate surface area is 89.5 Å². The van der Waals surface area contributed by atoms with E-state index in [4.69, 9.17) is 5.11 Å². The summed E-state index contributed by atoms with van der Waals surface area (Å²) in [5.41, 5.74) is 0. The number of hydrogen-bond acceptors (Lipinski definition) is 4. The van der Waals surface area contributed by atoms with Gasteiger partial charge in [-0.25, -0.2) is 0 Å². The number of aliphatic hydroxyl groups excluding tert-OH is 1. The van der Waals surface area contributed by atoms with Gasteiger partial charge in [0.05, 0.1) is 6.04 Å². The molecule has 0 saturated carbocycles. The largest absolute Gasteiger partial charge is 0.396 e. The second-order valence-electron chi connectivity index (χ2n) is 3.25. The van der Waals surface area contributed by atoms with Crippen molar-refractivity contribution in [2.24, 2.45) is 5.92 Å². The second-order valence-corrected chi connectivity index (χ2v) is 3.62. The molecule has 14 heavy (non-hydrogen) atoms. The van der Waals surface area contributed by atoms with E-state index < -0.39 is 6.04 Å². The molecule has 0 heterocycles. The molecule has 5 heteroatoms. The molecule has 0 saturated heterocycles. The van der Waals surface area contributed by atoms with E-state index in [0.29, 0.717) is 6.42 Å². The Hall–Kier alpha value is -0.550. The van der Waals surface area contributed by atoms with Crippen molar-refractivity contribution in [3.05, 3.63) is 0 Å². The first-order valence-electron chi connectivity index (χ1n) is 4.55. The third kappa shape index (κ3) is 4.62. The third-order valence-electron chi connectivity index (χ3n) is 1.95. The zero-order valence-corrected chi connectivity index (χ0v) is 9.38. The molecule has 0 aliphatic heterocycles. The number of hydrogen-bond donors (Lipinski definition) is 3. The summed E-state index contributed by atoms with van der Waals surface area (Å²) in [5.74, 6) is -0.282. The van der Waals surface area contributed by atoms with Crippen LogP contribution in [0.3, 0.4) is 0 Å². The van der Waals surface area contributed by atoms with Crippen LogP contribution >= 0.6 is 12.6 Å². The van der Waals surface area contributed by atoms with Crippen LogP contribution in [0, 0.1) is 5.92 Å². The Balaban J connectivity index is 4.22. The summed E-state index contributed by atoms with van der Waals surface area (Å²) in [6.07, 6.45) is 0.419. The molecule has 4 nitrogen and oxygen atoms in total. The van der Waals surface area contributed by atoms with Crippen molar-refractivity contribution in [1.29, 1.82) is 0 Å². The normalized spacial score (nSPS) is 14.6. The van der Waals surface area contributed by atoms with Gasteiger partial charge in [0, 0.05) is 25.2 Å². The lowest BCUT2D eigenvalue weighted by atomic mass is 9.98. The fourth-order valence-electron chi connectivity index (χ4n) is 1.13. The van der Waals surface area contributed by atoms with Gasteiger partial charge in [-0.15, -0.1) is 0 Å². The summed E-state index contributed by atoms with van der Waals surface area (Å²) in [4.78, 5) is 22.4. The van der Waals surface area contributed by atoms with Gasteiger partial charge in [-0.1, -0.05) is 6.92 Å². The van der Waals surface area contributed by atoms with E-state index in [2.05, 4.69) is 17.9 Å². The van der Waals surface area contributed by atoms with E-state index in [0.717, 1.165) is 0 Å². The Morgan fingerprint density at radius 2 is 2.07 bits per heavy atom. The number of carbonyl (C=O) groups is 2. The van der Waals surface area contributed by atoms with E-state index in [1.165, 1.54) is 6.92 Å². The second kappa shape index (κ2) is 6.84. The van der Waals surface area contributed by atoms with Crippen LogP contribution < -0.4 is 5.32 Å². The smallest absolute Gasteiger partial charge is 0.217 e. The maximum Gasteiger partial charge on any atom is 0.217 e. The topological polar surface area (TPSA) is 66.4 Å². The van der Waals surface area contributed by atoms with Crippen molar-refractivity contribution in [1.82, 2.24) is 5.32 Å². The number of rotatable bonds is 6. The van der Waals surface area contributed by atoms with Gasteiger partial charge in [-0.2, -0.15) is 12.6 Å². The molecule has 2 N–H and O–H groups in total. The highest BCUT2D eigenvalue weighted by atomic mass is 32.1. The molecule has 0 rings (SSSR count). The highest BCUT2D eigenvalue weighted by Gasteiger charge is 2.22. The van der Waals surface area contributed by atoms with Crippen molar-refractivity contribution in [3.8, 4) is 0 Å². The first-order valence-corrected chi connectivity index (χ1v) is 5.18. The van der Waals surface area contributed by atoms with Crippen LogP contribution in [0.5, 0.6) is 0 Å². The fourth-order valence-corrected chi connectivity index (χ4v) is 1.40. The van der Waals surface area contributed by atoms with Gasteiger partial charge < -0.3 is 10.4 Å². The first-order chi connectivity index (χ1) is 6.52. The molecule has 82 valence electrons. The van der Waals surface area contributed by atoms with Crippen LogP contribution in [0.15, 0.2) is 0 Å². The predicted molar refractivity (Wildman–Crippen MR) is 57.3 cm³/mol. The Kier molecular flexibility index (Phi) is 6.57. The first kappa shape index (κ1) is 13.4. The molecule has 0 aliphatic rings. The number of thiol groups is 1. The monoisotopic (exact) mass is 219 g/mol. The number of ketones is 1. The minimum absolute atomic E-state index is 0.0216. The lowest BCUT2D eigenvalue weighted by Gasteiger charge is -2.18. The highest BCUT2D eigenvalue weighted by Crippen LogP contribution is 2.07. The van der Waals surface area contributed by atoms with Crippen LogP contribution in [0.4, 0.5) is 0 Å². The molecule has 0 aromatic rings. The molecule has 0 spiro atoms. The van der Waals surface area contributed by atoms with Crippen molar-refractivity contribution in [3.63, 3.8) is 0 Å². The summed E-state index contributed by atoms with van der Waals surface area (Å²) in [6, 6.07) is -0.544. The highest BCUT2D eigenvalue weighted by molar-refractivity contribution is 7.80. The maximum absolute atomic E-state index is 11.6. The van der Waals surface area contributed by atoms with Gasteiger partial charge in [0.1, 0.15) is 0 Å². The van der Waals surface area contributed by atoms with E-state index >= 15 is 0 Å². The summed E-state index contributed by atoms with van der Waals surface area (Å²) in [5, 5.41) is 11.2. The van der Waals surface area contributed by atoms with Crippen molar-refractivity contribution in [2.45, 2.75) is 26.3 Å². The van der Waals surface area contributed by atoms with Gasteiger partial charge in [0.2, 0.25) is 5.91 Å². The molecule has 0 fully saturated rings. The summed E-state index contributed by atoms with van der Waals surface area (Å²) < 4.78 is 0. The lowest BCUT2D eigenvalue weighted by Crippen LogP contribution is -2.43. The van der Waals surface area contributed by atoms with Crippen LogP contribution in [0.1, 0.15) is 20.3 Å². The van der Waals surface area contributed by atoms with Crippen molar-refractivity contribution in [2.75, 3.05) is 12.4 Å². The zero-order chi connectivity index (χ0) is 11.1. The van der Waals surface area contributed by atoms with Gasteiger partial charge in [0.25, 0.3) is 0 Å². The van der Waals surface area contributed by atoms with Crippen LogP contribution in [-0.2, 0) is 9.59 Å². The van der Waals surface area contributed by atoms with Gasteiger partial charge in [-0.05, 0) is 6.42 Å². The van der Waals surface area contributed by atoms with Gasteiger partial charge in [-0.3, -0.25) is 9.59 Å². The molecular formula is C9H17NO3S. The van der Waals surface area contributed by atoms with Gasteiger partial charge in [0.15, 0.2) is 5.78 Å². The number of aliphatic hydroxyl groups is 1. The summed E-state index contributed by atoms with van der Waals surface area (Å²) in [7, 11) is 0. The lowest BCUT2D eigenvalue weighted by molar-refractivity contribution is -0.128. The minimum atomic E-state index is -0.544. The van der Waals surface area contributed by atoms with Crippen molar-refractivity contribution < 1.29 is 14.7 Å². The Bertz CT molecular complexity index is 208. The number of carbonyl (C=O) groups excluding carboxylic acids is 2. The zero-order valence-electron chi connectivity index (χ0n) is 8.49. The molecule has 1 amide bonds. The van der Waals surface area contributed by atoms with Crippen molar-refractivity contribution >= 4 is 24.3 Å². The number of Topliss-reactive ketones (excluding diaryl/α,β-unsaturated/α-hetero) is 1. The molecule has 0 aliphatic carbocycles. The van der Waals surface area contributed by atoms with Crippen LogP contribution in [0.2, 0.25) is 0 Å². The molecule has 2 atom stereocenters. The summed E-state index contributed by atoms with van der Waals surface area (Å²) >= 11 is 3.99. The third-order valence-corrected chi connectivity index (χ3v) is 2.32. The average molecular weight is 219 g/mol. The maximum atomic E-state index is 11.6. The SMILES string of the molecule is CC(=O)N[C@@H](CS)C(=O)C(C)CCO. The molecule has 0 aromatic carbocycles. The fraction of sp³-hybridized carbons (Fsp3) is 0.778. The number of amides is 1. The van der Waals surface area contributed by atoms with Gasteiger partial charge >= 0.3 is 0 Å². The minimum Gasteiger partial charge on any atom is -0.396 e. The molecule has 0 bridgehead atoms. The van der Waals surface area contributed by atoms with E-state index in [1.807, 2.05) is 0 Å². The quantitative estimate of drug-likeness (QED) is 0.551. The molecule has 1 unspecified atom stereocenters. The molecule has 0 aromatic heterocycles. The average Bonchev–Trinajstić information content (AvgIpc) is 2.13. The van der Waals surface area contributed by atoms with E-state index in [9.17, 15) is 9.59 Å². The number of nitrogens with one attached hydrogen (secondary N) is 1. The molecular weight excluding hydrogens is 202 g/mol. The van der Waals surface area contributed by atoms with Crippen LogP contribution in [-0.4, -0.2) is 35.2 Å².